The van der Waals surface area contributed by atoms with E-state index < -0.39 is 11.9 Å². The summed E-state index contributed by atoms with van der Waals surface area (Å²) in [6.07, 6.45) is 0.917. The highest BCUT2D eigenvalue weighted by Crippen LogP contribution is 2.20. The van der Waals surface area contributed by atoms with Crippen LogP contribution >= 0.6 is 0 Å². The first-order valence-electron chi connectivity index (χ1n) is 8.15. The van der Waals surface area contributed by atoms with Crippen LogP contribution in [0.5, 0.6) is 5.75 Å². The summed E-state index contributed by atoms with van der Waals surface area (Å²) in [5.74, 6) is -1.41. The van der Waals surface area contributed by atoms with E-state index in [2.05, 4.69) is 0 Å². The van der Waals surface area contributed by atoms with Gasteiger partial charge in [-0.25, -0.2) is 0 Å². The van der Waals surface area contributed by atoms with E-state index in [0.29, 0.717) is 31.4 Å². The van der Waals surface area contributed by atoms with Crippen LogP contribution < -0.4 is 0 Å². The molecule has 1 aromatic rings. The van der Waals surface area contributed by atoms with Crippen LogP contribution in [-0.4, -0.2) is 39.8 Å². The third-order valence-corrected chi connectivity index (χ3v) is 3.90. The molecule has 0 saturated carbocycles. The minimum Gasteiger partial charge on any atom is -0.508 e. The van der Waals surface area contributed by atoms with Crippen LogP contribution in [0.15, 0.2) is 18.2 Å². The number of carboxylic acid groups (broad SMARTS) is 1. The number of phenols is 1. The monoisotopic (exact) mass is 338 g/mol. The largest absolute Gasteiger partial charge is 0.508 e. The summed E-state index contributed by atoms with van der Waals surface area (Å²) in [6.45, 7) is 3.59. The number of aliphatic hydroxyl groups is 1. The van der Waals surface area contributed by atoms with Gasteiger partial charge >= 0.3 is 5.97 Å². The summed E-state index contributed by atoms with van der Waals surface area (Å²) in [7, 11) is 0. The Morgan fingerprint density at radius 3 is 2.58 bits per heavy atom. The van der Waals surface area contributed by atoms with Gasteiger partial charge in [-0.1, -0.05) is 13.0 Å². The second-order valence-electron chi connectivity index (χ2n) is 5.92. The standard InChI is InChI=1S/C18H26O6/c1-3-24-16(8-12(2)18(22)23)10-15(20)6-4-13-5-7-17(21)14(9-13)11-19/h5,7,9,12,16,19,21H,3-4,6,8,10-11H2,1-2H3,(H,22,23). The fourth-order valence-electron chi connectivity index (χ4n) is 2.50. The van der Waals surface area contributed by atoms with Crippen molar-refractivity contribution in [3.63, 3.8) is 0 Å². The number of aliphatic hydroxyl groups excluding tert-OH is 1. The Bertz CT molecular complexity index is 554. The molecule has 3 N–H and O–H groups in total. The van der Waals surface area contributed by atoms with Crippen molar-refractivity contribution in [3.8, 4) is 5.75 Å². The number of rotatable bonds is 11. The lowest BCUT2D eigenvalue weighted by atomic mass is 9.97. The number of hydrogen-bond acceptors (Lipinski definition) is 5. The topological polar surface area (TPSA) is 104 Å². The summed E-state index contributed by atoms with van der Waals surface area (Å²) in [6, 6.07) is 4.90. The first-order valence-corrected chi connectivity index (χ1v) is 8.15. The lowest BCUT2D eigenvalue weighted by Crippen LogP contribution is -2.24. The molecular formula is C18H26O6. The Hall–Kier alpha value is -1.92. The number of benzene rings is 1. The van der Waals surface area contributed by atoms with E-state index in [-0.39, 0.29) is 30.7 Å². The number of aliphatic carboxylic acids is 1. The van der Waals surface area contributed by atoms with Crippen LogP contribution in [0.2, 0.25) is 0 Å². The Kier molecular flexibility index (Phi) is 8.43. The van der Waals surface area contributed by atoms with E-state index in [1.54, 1.807) is 19.1 Å². The molecule has 0 bridgehead atoms. The molecule has 6 heteroatoms. The van der Waals surface area contributed by atoms with Gasteiger partial charge in [0.2, 0.25) is 0 Å². The molecule has 1 rings (SSSR count). The molecule has 0 aliphatic carbocycles. The molecule has 2 unspecified atom stereocenters. The smallest absolute Gasteiger partial charge is 0.306 e. The van der Waals surface area contributed by atoms with E-state index in [9.17, 15) is 14.7 Å². The lowest BCUT2D eigenvalue weighted by molar-refractivity contribution is -0.143. The van der Waals surface area contributed by atoms with Crippen LogP contribution in [0.1, 0.15) is 44.2 Å². The number of carboxylic acids is 1. The molecule has 0 saturated heterocycles. The second-order valence-corrected chi connectivity index (χ2v) is 5.92. The van der Waals surface area contributed by atoms with Gasteiger partial charge in [-0.3, -0.25) is 9.59 Å². The van der Waals surface area contributed by atoms with E-state index in [1.165, 1.54) is 6.07 Å². The summed E-state index contributed by atoms with van der Waals surface area (Å²) in [4.78, 5) is 23.1. The highest BCUT2D eigenvalue weighted by Gasteiger charge is 2.21. The van der Waals surface area contributed by atoms with E-state index in [1.807, 2.05) is 6.92 Å². The highest BCUT2D eigenvalue weighted by atomic mass is 16.5. The van der Waals surface area contributed by atoms with Crippen molar-refractivity contribution < 1.29 is 29.6 Å². The van der Waals surface area contributed by atoms with Gasteiger partial charge < -0.3 is 20.1 Å². The maximum absolute atomic E-state index is 12.1. The number of ether oxygens (including phenoxy) is 1. The molecule has 0 spiro atoms. The quantitative estimate of drug-likeness (QED) is 0.572. The highest BCUT2D eigenvalue weighted by molar-refractivity contribution is 5.79. The SMILES string of the molecule is CCOC(CC(=O)CCc1ccc(O)c(CO)c1)CC(C)C(=O)O. The summed E-state index contributed by atoms with van der Waals surface area (Å²) in [5.41, 5.74) is 1.29. The average molecular weight is 338 g/mol. The van der Waals surface area contributed by atoms with Gasteiger partial charge in [-0.15, -0.1) is 0 Å². The summed E-state index contributed by atoms with van der Waals surface area (Å²) < 4.78 is 5.49. The number of aromatic hydroxyl groups is 1. The molecular weight excluding hydrogens is 312 g/mol. The third kappa shape index (κ3) is 6.68. The minimum absolute atomic E-state index is 0.00432. The van der Waals surface area contributed by atoms with E-state index in [4.69, 9.17) is 14.9 Å². The first kappa shape index (κ1) is 20.1. The number of carbonyl (C=O) groups is 2. The number of aryl methyl sites for hydroxylation is 1. The third-order valence-electron chi connectivity index (χ3n) is 3.90. The summed E-state index contributed by atoms with van der Waals surface area (Å²) in [5, 5.41) is 27.6. The normalized spacial score (nSPS) is 13.5. The molecule has 134 valence electrons. The van der Waals surface area contributed by atoms with Gasteiger partial charge in [-0.2, -0.15) is 0 Å². The Morgan fingerprint density at radius 1 is 1.29 bits per heavy atom. The van der Waals surface area contributed by atoms with Crippen molar-refractivity contribution in [2.45, 2.75) is 52.2 Å². The molecule has 0 amide bonds. The van der Waals surface area contributed by atoms with Gasteiger partial charge in [0.15, 0.2) is 0 Å². The van der Waals surface area contributed by atoms with E-state index in [0.717, 1.165) is 5.56 Å². The molecule has 0 aliphatic heterocycles. The van der Waals surface area contributed by atoms with Gasteiger partial charge in [-0.05, 0) is 37.5 Å². The number of hydrogen-bond donors (Lipinski definition) is 3. The molecule has 6 nitrogen and oxygen atoms in total. The maximum Gasteiger partial charge on any atom is 0.306 e. The van der Waals surface area contributed by atoms with Gasteiger partial charge in [0.1, 0.15) is 11.5 Å². The Balaban J connectivity index is 2.55. The Labute approximate surface area is 142 Å². The van der Waals surface area contributed by atoms with Crippen LogP contribution in [-0.2, 0) is 27.4 Å². The Morgan fingerprint density at radius 2 is 2.00 bits per heavy atom. The zero-order valence-electron chi connectivity index (χ0n) is 14.2. The number of ketones is 1. The van der Waals surface area contributed by atoms with E-state index >= 15 is 0 Å². The van der Waals surface area contributed by atoms with Crippen molar-refractivity contribution in [1.29, 1.82) is 0 Å². The fourth-order valence-corrected chi connectivity index (χ4v) is 2.50. The molecule has 0 heterocycles. The zero-order valence-corrected chi connectivity index (χ0v) is 14.2. The minimum atomic E-state index is -0.896. The zero-order chi connectivity index (χ0) is 18.1. The fraction of sp³-hybridized carbons (Fsp3) is 0.556. The molecule has 0 aromatic heterocycles. The maximum atomic E-state index is 12.1. The van der Waals surface area contributed by atoms with Crippen LogP contribution in [0.3, 0.4) is 0 Å². The van der Waals surface area contributed by atoms with Gasteiger partial charge in [0.05, 0.1) is 18.6 Å². The molecule has 0 radical (unpaired) electrons. The average Bonchev–Trinajstić information content (AvgIpc) is 2.54. The van der Waals surface area contributed by atoms with Crippen molar-refractivity contribution >= 4 is 11.8 Å². The van der Waals surface area contributed by atoms with Crippen LogP contribution in [0, 0.1) is 5.92 Å². The molecule has 0 fully saturated rings. The number of Topliss-reactive ketones (excluding diaryl/α,β-unsaturated/α-hetero) is 1. The predicted octanol–water partition coefficient (Wildman–Crippen LogP) is 2.29. The summed E-state index contributed by atoms with van der Waals surface area (Å²) >= 11 is 0. The van der Waals surface area contributed by atoms with Crippen molar-refractivity contribution in [1.82, 2.24) is 0 Å². The molecule has 1 aromatic carbocycles. The molecule has 2 atom stereocenters. The molecule has 0 aliphatic rings. The second kappa shape index (κ2) is 10.1. The van der Waals surface area contributed by atoms with Crippen LogP contribution in [0.25, 0.3) is 0 Å². The number of carbonyl (C=O) groups excluding carboxylic acids is 1. The van der Waals surface area contributed by atoms with Gasteiger partial charge in [0, 0.05) is 25.0 Å². The molecule has 24 heavy (non-hydrogen) atoms. The van der Waals surface area contributed by atoms with Crippen molar-refractivity contribution in [2.24, 2.45) is 5.92 Å². The lowest BCUT2D eigenvalue weighted by Gasteiger charge is -2.18. The van der Waals surface area contributed by atoms with Crippen molar-refractivity contribution in [2.75, 3.05) is 6.61 Å². The first-order chi connectivity index (χ1) is 11.4. The van der Waals surface area contributed by atoms with Gasteiger partial charge in [0.25, 0.3) is 0 Å². The predicted molar refractivity (Wildman–Crippen MR) is 88.8 cm³/mol. The van der Waals surface area contributed by atoms with Crippen LogP contribution in [0.4, 0.5) is 0 Å². The van der Waals surface area contributed by atoms with Crippen molar-refractivity contribution in [3.05, 3.63) is 29.3 Å².